The summed E-state index contributed by atoms with van der Waals surface area (Å²) in [6.07, 6.45) is -9.61. The van der Waals surface area contributed by atoms with Gasteiger partial charge in [0.15, 0.2) is 0 Å². The van der Waals surface area contributed by atoms with E-state index >= 15 is 0 Å². The lowest BCUT2D eigenvalue weighted by atomic mass is 9.97. The zero-order valence-electron chi connectivity index (χ0n) is 85.5. The number of rotatable bonds is 48. The fourth-order valence-electron chi connectivity index (χ4n) is 9.12. The van der Waals surface area contributed by atoms with Crippen LogP contribution in [0.25, 0.3) is 27.7 Å². The van der Waals surface area contributed by atoms with E-state index in [9.17, 15) is 95.9 Å². The molecule has 5 N–H and O–H groups in total. The van der Waals surface area contributed by atoms with Gasteiger partial charge in [0, 0.05) is 71.3 Å². The van der Waals surface area contributed by atoms with Gasteiger partial charge in [-0.05, 0) is 178 Å². The van der Waals surface area contributed by atoms with E-state index in [1.54, 1.807) is 203 Å². The monoisotopic (exact) mass is 2000 g/mol. The summed E-state index contributed by atoms with van der Waals surface area (Å²) < 4.78 is 76.0. The van der Waals surface area contributed by atoms with E-state index in [0.29, 0.717) is 36.6 Å². The molecule has 0 radical (unpaired) electrons. The second-order valence-corrected chi connectivity index (χ2v) is 36.5. The van der Waals surface area contributed by atoms with E-state index in [1.165, 1.54) is 27.7 Å². The summed E-state index contributed by atoms with van der Waals surface area (Å²) in [7, 11) is 0. The fourth-order valence-corrected chi connectivity index (χ4v) is 9.12. The Balaban J connectivity index is -0.000000834. The van der Waals surface area contributed by atoms with Crippen molar-refractivity contribution in [2.75, 3.05) is 6.61 Å². The number of nitrogens with zero attached hydrogens (tertiary/aromatic N) is 10. The first kappa shape index (κ1) is 133. The maximum absolute atomic E-state index is 12.5. The Morgan fingerprint density at radius 2 is 0.574 bits per heavy atom. The summed E-state index contributed by atoms with van der Waals surface area (Å²) in [6, 6.07) is 2.48. The van der Waals surface area contributed by atoms with E-state index in [2.05, 4.69) is 50.5 Å². The molecule has 788 valence electrons. The second-order valence-electron chi connectivity index (χ2n) is 36.5. The Labute approximate surface area is 818 Å². The van der Waals surface area contributed by atoms with Gasteiger partial charge in [0.2, 0.25) is 41.5 Å². The standard InChI is InChI=1S/C22H29N3O7.C19H31N3O7.C18H29N3O7.C17H27N3O7.C15H23N3O7/c1-14(2)30-18(27)17(12-11-16(26)13-24-23)25-21(29)32-19(15-9-7-6-8-10-15)31-20(28)22(3,4)5;1-11(2)16(28-17(25)19(5,6)7)29-18(26)22-14(15(24)27-12(3)4)9-8-13(23)10-21-20;1-11(2)26-14(23)13(9-8-12(22)10-20-19)21-16(25)28-18(6,7)27-15(24)17(3,4)5;1-10(2)25-14(22)13(8-7-12(21)9-19-18)20-16(24)27-11(3)26-15(23)17(4,5)6;1-5-23-14(21)12(7-6-11(19)8-17-16)18-15(22)25-10(4)24-13(20)9(2)3/h6-10,13-14,17,19H,11-12H2,1-5H3,(H,25,29);10-12,14,16H,8-9H2,1-7H3,(H,22,26);10-11,13H,8-9H2,1-7H3,(H,21,25);9-11,13H,7-8H2,1-6H3,(H,20,24);8-10,12H,5-7H2,1-4H3,(H,18,22)/t17-,19?;14-,16?;13-;11-,13-;10?,12-/m00000/s1. The number of alkyl carbamates (subject to hydrolysis) is 5. The summed E-state index contributed by atoms with van der Waals surface area (Å²) in [5.74, 6) is -11.6. The molecule has 0 aliphatic carbocycles. The van der Waals surface area contributed by atoms with E-state index in [-0.39, 0.29) is 82.7 Å². The van der Waals surface area contributed by atoms with Crippen LogP contribution in [0, 0.1) is 33.5 Å². The molecule has 0 aliphatic heterocycles. The molecule has 0 aromatic heterocycles. The molecule has 0 fully saturated rings. The van der Waals surface area contributed by atoms with Crippen molar-refractivity contribution in [1.82, 2.24) is 26.6 Å². The number of esters is 10. The van der Waals surface area contributed by atoms with Crippen molar-refractivity contribution in [2.24, 2.45) is 33.5 Å². The molecular formula is C91H139N15O35. The molecule has 50 heteroatoms. The van der Waals surface area contributed by atoms with Crippen LogP contribution in [0.15, 0.2) is 30.3 Å². The average molecular weight is 2000 g/mol. The zero-order chi connectivity index (χ0) is 110. The molecule has 1 aromatic rings. The summed E-state index contributed by atoms with van der Waals surface area (Å²) in [5, 5.41) is 11.5. The van der Waals surface area contributed by atoms with Crippen LogP contribution in [-0.4, -0.2) is 260 Å². The van der Waals surface area contributed by atoms with Crippen LogP contribution < -0.4 is 26.6 Å². The molecule has 1 rings (SSSR count). The number of carbonyl (C=O) groups is 20. The quantitative estimate of drug-likeness (QED) is 0.0101. The predicted octanol–water partition coefficient (Wildman–Crippen LogP) is 9.69. The van der Waals surface area contributed by atoms with Crippen LogP contribution in [0.3, 0.4) is 0 Å². The van der Waals surface area contributed by atoms with Crippen LogP contribution in [0.5, 0.6) is 0 Å². The van der Waals surface area contributed by atoms with Crippen LogP contribution >= 0.6 is 0 Å². The minimum absolute atomic E-state index is 0.0838. The predicted molar refractivity (Wildman–Crippen MR) is 492 cm³/mol. The molecular weight excluding hydrogens is 1860 g/mol. The highest BCUT2D eigenvalue weighted by Crippen LogP contribution is 2.27. The lowest BCUT2D eigenvalue weighted by Crippen LogP contribution is -2.47. The lowest BCUT2D eigenvalue weighted by Gasteiger charge is -2.29. The van der Waals surface area contributed by atoms with Gasteiger partial charge >= 0.3 is 121 Å². The third kappa shape index (κ3) is 65.9. The molecule has 0 saturated heterocycles. The number of ether oxygens (including phenoxy) is 15. The van der Waals surface area contributed by atoms with Crippen molar-refractivity contribution < 1.29 is 191 Å². The van der Waals surface area contributed by atoms with Crippen LogP contribution in [0.1, 0.15) is 277 Å². The van der Waals surface area contributed by atoms with E-state index in [4.69, 9.17) is 98.7 Å². The topological polar surface area (TPSA) is 722 Å². The number of hydrogen-bond acceptors (Lipinski definition) is 35. The molecule has 141 heavy (non-hydrogen) atoms. The van der Waals surface area contributed by atoms with E-state index in [0.717, 1.165) is 0 Å². The van der Waals surface area contributed by atoms with E-state index < -0.39 is 226 Å². The largest absolute Gasteiger partial charge is 0.464 e. The van der Waals surface area contributed by atoms with Gasteiger partial charge in [-0.1, -0.05) is 58.0 Å². The second kappa shape index (κ2) is 67.7. The molecule has 9 atom stereocenters. The third-order valence-electron chi connectivity index (χ3n) is 16.2. The molecule has 0 heterocycles. The highest BCUT2D eigenvalue weighted by Gasteiger charge is 2.39. The summed E-state index contributed by atoms with van der Waals surface area (Å²) >= 11 is 0. The third-order valence-corrected chi connectivity index (χ3v) is 16.2. The minimum atomic E-state index is -1.58. The normalized spacial score (nSPS) is 12.7. The van der Waals surface area contributed by atoms with Crippen molar-refractivity contribution in [3.63, 3.8) is 0 Å². The maximum Gasteiger partial charge on any atom is 0.411 e. The Morgan fingerprint density at radius 3 is 0.851 bits per heavy atom. The van der Waals surface area contributed by atoms with Crippen LogP contribution in [-0.2, 0) is 143 Å². The maximum atomic E-state index is 12.5. The first-order valence-electron chi connectivity index (χ1n) is 44.5. The highest BCUT2D eigenvalue weighted by molar-refractivity contribution is 6.26. The Kier molecular flexibility index (Phi) is 63.8. The van der Waals surface area contributed by atoms with Gasteiger partial charge in [-0.3, -0.25) is 47.9 Å². The van der Waals surface area contributed by atoms with Crippen molar-refractivity contribution in [3.8, 4) is 0 Å². The van der Waals surface area contributed by atoms with Gasteiger partial charge in [0.05, 0.1) is 58.6 Å². The van der Waals surface area contributed by atoms with Gasteiger partial charge in [-0.25, -0.2) is 47.9 Å². The summed E-state index contributed by atoms with van der Waals surface area (Å²) in [4.78, 5) is 251. The van der Waals surface area contributed by atoms with Crippen LogP contribution in [0.2, 0.25) is 0 Å². The first-order chi connectivity index (χ1) is 64.9. The molecule has 5 amide bonds. The molecule has 0 aliphatic rings. The highest BCUT2D eigenvalue weighted by atomic mass is 16.8. The first-order valence-corrected chi connectivity index (χ1v) is 44.5. The van der Waals surface area contributed by atoms with E-state index in [1.807, 2.05) is 0 Å². The minimum Gasteiger partial charge on any atom is -0.464 e. The lowest BCUT2D eigenvalue weighted by molar-refractivity contribution is -0.203. The Morgan fingerprint density at radius 1 is 0.305 bits per heavy atom. The summed E-state index contributed by atoms with van der Waals surface area (Å²) in [5.41, 5.74) is 39.0. The van der Waals surface area contributed by atoms with Gasteiger partial charge < -0.3 is 125 Å². The van der Waals surface area contributed by atoms with Crippen molar-refractivity contribution in [2.45, 2.75) is 351 Å². The number of carbonyl (C=O) groups excluding carboxylic acids is 20. The number of nitrogens with one attached hydrogen (secondary N) is 5. The number of ketones is 5. The summed E-state index contributed by atoms with van der Waals surface area (Å²) in [6.45, 7) is 46.7. The van der Waals surface area contributed by atoms with Crippen molar-refractivity contribution >= 4 is 150 Å². The van der Waals surface area contributed by atoms with Gasteiger partial charge in [0.1, 0.15) is 30.2 Å². The molecule has 0 bridgehead atoms. The van der Waals surface area contributed by atoms with Gasteiger partial charge in [-0.15, -0.1) is 0 Å². The SMILES string of the molecule is CC(C)OC(=O)[C@H](CCC(=O)C=[N+]=[N-])NC(=O)OC(C)(C)OC(=O)C(C)(C)C.CC(C)OC(=O)[C@H](CCC(=O)C=[N+]=[N-])NC(=O)OC(OC(=O)C(C)(C)C)C(C)C.CC(C)OC(=O)[C@H](CCC(=O)C=[N+]=[N-])NC(=O)OC(OC(=O)C(C)(C)C)c1ccccc1.CC(C)OC(=O)[C@H](CCC(=O)C=[N+]=[N-])NC(=O)O[C@@H](C)OC(=O)C(C)(C)C.CCOC(=O)[C@H](CCC(=O)C=[N+]=[N-])NC(=O)OC(C)OC(=O)C(C)C. The Bertz CT molecular complexity index is 4610. The number of hydrogen-bond donors (Lipinski definition) is 5. The van der Waals surface area contributed by atoms with Gasteiger partial charge in [-0.2, -0.15) is 23.9 Å². The molecule has 0 saturated carbocycles. The fraction of sp³-hybridized carbons (Fsp3) is 0.659. The van der Waals surface area contributed by atoms with Gasteiger partial charge in [0.25, 0.3) is 18.4 Å². The average Bonchev–Trinajstić information content (AvgIpc) is 0.850. The smallest absolute Gasteiger partial charge is 0.411 e. The van der Waals surface area contributed by atoms with Crippen molar-refractivity contribution in [3.05, 3.63) is 63.6 Å². The molecule has 0 spiro atoms. The van der Waals surface area contributed by atoms with Crippen LogP contribution in [0.4, 0.5) is 24.0 Å². The number of Topliss-reactive ketones (excluding diaryl/α,β-unsaturated/α-hetero) is 5. The zero-order valence-corrected chi connectivity index (χ0v) is 85.5. The molecule has 1 aromatic carbocycles. The Hall–Kier alpha value is -14.5. The number of benzene rings is 1. The number of amides is 5. The molecule has 3 unspecified atom stereocenters. The molecule has 50 nitrogen and oxygen atoms in total. The van der Waals surface area contributed by atoms with Crippen molar-refractivity contribution in [1.29, 1.82) is 0 Å².